The molecule has 3 rings (SSSR count). The minimum absolute atomic E-state index is 0.0158. The molecule has 6 nitrogen and oxygen atoms in total. The minimum atomic E-state index is -0.592. The van der Waals surface area contributed by atoms with Crippen molar-refractivity contribution in [2.45, 2.75) is 20.8 Å². The number of nitrogens with zero attached hydrogens (tertiary/aromatic N) is 3. The Morgan fingerprint density at radius 2 is 2.07 bits per heavy atom. The van der Waals surface area contributed by atoms with Crippen LogP contribution in [0, 0.1) is 37.9 Å². The van der Waals surface area contributed by atoms with Gasteiger partial charge in [-0.05, 0) is 56.7 Å². The number of nitriles is 1. The summed E-state index contributed by atoms with van der Waals surface area (Å²) in [5, 5.41) is 15.6. The fourth-order valence-corrected chi connectivity index (χ4v) is 3.04. The summed E-state index contributed by atoms with van der Waals surface area (Å²) in [5.74, 6) is -0.320. The van der Waals surface area contributed by atoms with E-state index >= 15 is 0 Å². The molecule has 142 valence electrons. The van der Waals surface area contributed by atoms with Gasteiger partial charge < -0.3 is 14.4 Å². The molecule has 0 bridgehead atoms. The highest BCUT2D eigenvalue weighted by atomic mass is 35.5. The van der Waals surface area contributed by atoms with Crippen LogP contribution in [0.15, 0.2) is 40.4 Å². The molecule has 0 saturated carbocycles. The highest BCUT2D eigenvalue weighted by Gasteiger charge is 2.15. The molecule has 0 fully saturated rings. The van der Waals surface area contributed by atoms with Crippen LogP contribution in [-0.4, -0.2) is 15.6 Å². The third-order valence-corrected chi connectivity index (χ3v) is 4.46. The van der Waals surface area contributed by atoms with Gasteiger partial charge >= 0.3 is 0 Å². The van der Waals surface area contributed by atoms with Gasteiger partial charge in [0.15, 0.2) is 5.82 Å². The van der Waals surface area contributed by atoms with Gasteiger partial charge in [-0.25, -0.2) is 4.39 Å². The average molecular weight is 399 g/mol. The molecule has 3 aromatic rings. The van der Waals surface area contributed by atoms with E-state index in [0.717, 1.165) is 11.4 Å². The number of nitrogens with one attached hydrogen (secondary N) is 1. The first-order valence-electron chi connectivity index (χ1n) is 8.31. The Hall–Kier alpha value is -3.37. The number of hydrogen-bond acceptors (Lipinski definition) is 4. The number of halogens is 2. The zero-order valence-electron chi connectivity index (χ0n) is 15.4. The fourth-order valence-electron chi connectivity index (χ4n) is 2.87. The Morgan fingerprint density at radius 1 is 1.32 bits per heavy atom. The first kappa shape index (κ1) is 19.4. The molecule has 0 atom stereocenters. The molecular weight excluding hydrogens is 383 g/mol. The first-order chi connectivity index (χ1) is 13.3. The van der Waals surface area contributed by atoms with Crippen molar-refractivity contribution >= 4 is 29.4 Å². The van der Waals surface area contributed by atoms with Gasteiger partial charge in [0, 0.05) is 23.1 Å². The molecule has 1 N–H and O–H groups in total. The van der Waals surface area contributed by atoms with Crippen molar-refractivity contribution in [3.8, 4) is 11.8 Å². The lowest BCUT2D eigenvalue weighted by Crippen LogP contribution is -2.13. The van der Waals surface area contributed by atoms with E-state index < -0.39 is 11.7 Å². The van der Waals surface area contributed by atoms with Crippen LogP contribution in [0.4, 0.5) is 10.2 Å². The number of hydrogen-bond donors (Lipinski definition) is 1. The number of aromatic nitrogens is 2. The van der Waals surface area contributed by atoms with Gasteiger partial charge in [0.2, 0.25) is 0 Å². The monoisotopic (exact) mass is 398 g/mol. The maximum absolute atomic E-state index is 13.5. The molecule has 0 spiro atoms. The molecule has 0 aliphatic heterocycles. The van der Waals surface area contributed by atoms with E-state index in [1.54, 1.807) is 19.1 Å². The molecule has 0 radical (unpaired) electrons. The maximum atomic E-state index is 13.5. The summed E-state index contributed by atoms with van der Waals surface area (Å²) in [6, 6.07) is 9.71. The molecule has 2 heterocycles. The van der Waals surface area contributed by atoms with Gasteiger partial charge in [0.1, 0.15) is 23.2 Å². The number of benzene rings is 1. The summed E-state index contributed by atoms with van der Waals surface area (Å²) in [6.45, 7) is 5.40. The van der Waals surface area contributed by atoms with Crippen LogP contribution in [0.1, 0.15) is 22.7 Å². The van der Waals surface area contributed by atoms with Crippen LogP contribution in [-0.2, 0) is 4.79 Å². The molecule has 1 aromatic carbocycles. The molecule has 0 aliphatic carbocycles. The van der Waals surface area contributed by atoms with Gasteiger partial charge in [-0.2, -0.15) is 5.26 Å². The summed E-state index contributed by atoms with van der Waals surface area (Å²) >= 11 is 5.89. The highest BCUT2D eigenvalue weighted by Crippen LogP contribution is 2.26. The van der Waals surface area contributed by atoms with Crippen molar-refractivity contribution < 1.29 is 13.7 Å². The van der Waals surface area contributed by atoms with E-state index in [4.69, 9.17) is 16.1 Å². The van der Waals surface area contributed by atoms with Crippen LogP contribution in [0.2, 0.25) is 5.02 Å². The van der Waals surface area contributed by atoms with E-state index in [-0.39, 0.29) is 16.4 Å². The van der Waals surface area contributed by atoms with Crippen LogP contribution < -0.4 is 5.32 Å². The van der Waals surface area contributed by atoms with Crippen molar-refractivity contribution in [1.82, 2.24) is 9.72 Å². The quantitative estimate of drug-likeness (QED) is 0.508. The SMILES string of the molecule is Cc1cc(NC(=O)/C(C#N)=C\c2cc(C)n(-c3ccc(F)c(Cl)c3)c2C)no1. The van der Waals surface area contributed by atoms with Gasteiger partial charge in [-0.15, -0.1) is 0 Å². The van der Waals surface area contributed by atoms with Crippen molar-refractivity contribution in [2.75, 3.05) is 5.32 Å². The van der Waals surface area contributed by atoms with Crippen molar-refractivity contribution in [2.24, 2.45) is 0 Å². The summed E-state index contributed by atoms with van der Waals surface area (Å²) < 4.78 is 20.2. The number of amides is 1. The molecule has 0 aliphatic rings. The van der Waals surface area contributed by atoms with Crippen LogP contribution in [0.3, 0.4) is 0 Å². The van der Waals surface area contributed by atoms with Gasteiger partial charge in [0.25, 0.3) is 5.91 Å². The number of carbonyl (C=O) groups excluding carboxylic acids is 1. The molecule has 0 unspecified atom stereocenters. The third kappa shape index (κ3) is 3.82. The number of rotatable bonds is 4. The number of aryl methyl sites for hydroxylation is 2. The molecule has 8 heteroatoms. The lowest BCUT2D eigenvalue weighted by molar-refractivity contribution is -0.112. The van der Waals surface area contributed by atoms with E-state index in [0.29, 0.717) is 17.0 Å². The maximum Gasteiger partial charge on any atom is 0.267 e. The third-order valence-electron chi connectivity index (χ3n) is 4.17. The second-order valence-corrected chi connectivity index (χ2v) is 6.61. The predicted molar refractivity (Wildman–Crippen MR) is 104 cm³/mol. The zero-order chi connectivity index (χ0) is 20.4. The molecule has 28 heavy (non-hydrogen) atoms. The highest BCUT2D eigenvalue weighted by molar-refractivity contribution is 6.30. The number of anilines is 1. The zero-order valence-corrected chi connectivity index (χ0v) is 16.1. The number of carbonyl (C=O) groups is 1. The molecule has 2 aromatic heterocycles. The van der Waals surface area contributed by atoms with Gasteiger partial charge in [-0.3, -0.25) is 4.79 Å². The van der Waals surface area contributed by atoms with Gasteiger partial charge in [-0.1, -0.05) is 16.8 Å². The van der Waals surface area contributed by atoms with E-state index in [2.05, 4.69) is 10.5 Å². The summed E-state index contributed by atoms with van der Waals surface area (Å²) in [4.78, 5) is 12.4. The molecular formula is C20H16ClFN4O2. The van der Waals surface area contributed by atoms with Crippen molar-refractivity contribution in [3.63, 3.8) is 0 Å². The average Bonchev–Trinajstić information content (AvgIpc) is 3.17. The van der Waals surface area contributed by atoms with E-state index in [1.807, 2.05) is 30.6 Å². The predicted octanol–water partition coefficient (Wildman–Crippen LogP) is 4.73. The summed E-state index contributed by atoms with van der Waals surface area (Å²) in [6.07, 6.45) is 1.49. The Morgan fingerprint density at radius 3 is 2.68 bits per heavy atom. The Labute approximate surface area is 165 Å². The topological polar surface area (TPSA) is 83.9 Å². The normalized spacial score (nSPS) is 11.4. The largest absolute Gasteiger partial charge is 0.360 e. The Balaban J connectivity index is 1.95. The summed E-state index contributed by atoms with van der Waals surface area (Å²) in [5.41, 5.74) is 2.90. The Kier molecular flexibility index (Phi) is 5.34. The fraction of sp³-hybridized carbons (Fsp3) is 0.150. The summed E-state index contributed by atoms with van der Waals surface area (Å²) in [7, 11) is 0. The lowest BCUT2D eigenvalue weighted by Gasteiger charge is -2.10. The standard InChI is InChI=1S/C20H16ClFN4O2/c1-11-6-14(13(3)26(11)16-4-5-18(22)17(21)9-16)8-15(10-23)20(27)24-19-7-12(2)28-25-19/h4-9H,1-3H3,(H,24,25,27)/b15-8-. The van der Waals surface area contributed by atoms with Gasteiger partial charge in [0.05, 0.1) is 5.02 Å². The molecule has 1 amide bonds. The van der Waals surface area contributed by atoms with Crippen LogP contribution in [0.5, 0.6) is 0 Å². The molecule has 0 saturated heterocycles. The lowest BCUT2D eigenvalue weighted by atomic mass is 10.1. The van der Waals surface area contributed by atoms with E-state index in [1.165, 1.54) is 18.2 Å². The van der Waals surface area contributed by atoms with Crippen molar-refractivity contribution in [1.29, 1.82) is 5.26 Å². The second kappa shape index (κ2) is 7.71. The Bertz CT molecular complexity index is 1140. The smallest absolute Gasteiger partial charge is 0.267 e. The second-order valence-electron chi connectivity index (χ2n) is 6.21. The van der Waals surface area contributed by atoms with Crippen LogP contribution in [0.25, 0.3) is 11.8 Å². The first-order valence-corrected chi connectivity index (χ1v) is 8.68. The minimum Gasteiger partial charge on any atom is -0.360 e. The van der Waals surface area contributed by atoms with Crippen LogP contribution >= 0.6 is 11.6 Å². The van der Waals surface area contributed by atoms with Crippen molar-refractivity contribution in [3.05, 3.63) is 69.5 Å². The van der Waals surface area contributed by atoms with E-state index in [9.17, 15) is 14.4 Å².